The van der Waals surface area contributed by atoms with Crippen LogP contribution < -0.4 is 5.32 Å². The molecule has 2 amide bonds. The molecule has 170 valence electrons. The molecular formula is C22H24ClFN4O4. The second-order valence-electron chi connectivity index (χ2n) is 7.89. The van der Waals surface area contributed by atoms with Crippen molar-refractivity contribution in [1.29, 1.82) is 0 Å². The van der Waals surface area contributed by atoms with E-state index in [1.807, 2.05) is 12.3 Å². The van der Waals surface area contributed by atoms with Gasteiger partial charge in [-0.25, -0.2) is 9.18 Å². The van der Waals surface area contributed by atoms with E-state index < -0.39 is 11.9 Å². The standard InChI is InChI=1S/C22H23FN4O4.ClH/c23-19-10-20-17(8-15(19)13-27-3-6-31-22(27)29)18(21(28)25-20)9-16-7-14(11-24-16)12-26-1-4-30-5-2-26;/h7-11,24H,1-6,12-13H2,(H,25,28);1H/b18-9-;. The number of amides is 2. The van der Waals surface area contributed by atoms with Gasteiger partial charge in [0.15, 0.2) is 0 Å². The minimum absolute atomic E-state index is 0. The van der Waals surface area contributed by atoms with E-state index in [4.69, 9.17) is 9.47 Å². The number of carbonyl (C=O) groups is 2. The zero-order chi connectivity index (χ0) is 21.4. The number of benzene rings is 1. The van der Waals surface area contributed by atoms with Gasteiger partial charge in [-0.3, -0.25) is 9.69 Å². The molecule has 0 bridgehead atoms. The molecule has 1 aromatic carbocycles. The van der Waals surface area contributed by atoms with Gasteiger partial charge in [0.25, 0.3) is 5.91 Å². The first-order valence-corrected chi connectivity index (χ1v) is 10.3. The number of carbonyl (C=O) groups excluding carboxylic acids is 2. The Bertz CT molecular complexity index is 1060. The van der Waals surface area contributed by atoms with Gasteiger partial charge in [0, 0.05) is 42.7 Å². The van der Waals surface area contributed by atoms with E-state index in [9.17, 15) is 14.0 Å². The summed E-state index contributed by atoms with van der Waals surface area (Å²) in [6.07, 6.45) is 3.25. The number of morpholine rings is 1. The Morgan fingerprint density at radius 3 is 2.62 bits per heavy atom. The van der Waals surface area contributed by atoms with Crippen LogP contribution >= 0.6 is 12.4 Å². The highest BCUT2D eigenvalue weighted by atomic mass is 35.5. The smallest absolute Gasteiger partial charge is 0.410 e. The van der Waals surface area contributed by atoms with E-state index in [0.29, 0.717) is 35.5 Å². The molecule has 3 aliphatic rings. The molecule has 8 nitrogen and oxygen atoms in total. The average Bonchev–Trinajstić information content (AvgIpc) is 3.44. The first kappa shape index (κ1) is 22.3. The van der Waals surface area contributed by atoms with Crippen molar-refractivity contribution in [3.8, 4) is 0 Å². The zero-order valence-corrected chi connectivity index (χ0v) is 18.2. The van der Waals surface area contributed by atoms with Crippen LogP contribution in [0.3, 0.4) is 0 Å². The second-order valence-corrected chi connectivity index (χ2v) is 7.89. The summed E-state index contributed by atoms with van der Waals surface area (Å²) in [5.41, 5.74) is 3.79. The molecule has 0 atom stereocenters. The summed E-state index contributed by atoms with van der Waals surface area (Å²) in [7, 11) is 0. The maximum absolute atomic E-state index is 14.6. The van der Waals surface area contributed by atoms with Crippen molar-refractivity contribution in [1.82, 2.24) is 14.8 Å². The van der Waals surface area contributed by atoms with Gasteiger partial charge in [0.2, 0.25) is 0 Å². The van der Waals surface area contributed by atoms with Crippen LogP contribution in [0.5, 0.6) is 0 Å². The molecule has 4 heterocycles. The largest absolute Gasteiger partial charge is 0.448 e. The summed E-state index contributed by atoms with van der Waals surface area (Å²) in [5, 5.41) is 2.72. The van der Waals surface area contributed by atoms with Crippen LogP contribution in [0.25, 0.3) is 11.6 Å². The van der Waals surface area contributed by atoms with Crippen molar-refractivity contribution in [2.24, 2.45) is 0 Å². The molecule has 0 saturated carbocycles. The predicted molar refractivity (Wildman–Crippen MR) is 119 cm³/mol. The lowest BCUT2D eigenvalue weighted by Crippen LogP contribution is -2.35. The normalized spacial score (nSPS) is 19.7. The van der Waals surface area contributed by atoms with E-state index in [1.54, 1.807) is 12.1 Å². The number of nitrogens with zero attached hydrogens (tertiary/aromatic N) is 2. The predicted octanol–water partition coefficient (Wildman–Crippen LogP) is 2.85. The van der Waals surface area contributed by atoms with E-state index in [0.717, 1.165) is 44.1 Å². The Morgan fingerprint density at radius 2 is 1.88 bits per heavy atom. The fraction of sp³-hybridized carbons (Fsp3) is 0.364. The summed E-state index contributed by atoms with van der Waals surface area (Å²) in [6.45, 7) is 4.92. The van der Waals surface area contributed by atoms with Crippen LogP contribution in [0.2, 0.25) is 0 Å². The lowest BCUT2D eigenvalue weighted by atomic mass is 10.0. The maximum Gasteiger partial charge on any atom is 0.410 e. The Balaban J connectivity index is 0.00000245. The van der Waals surface area contributed by atoms with Gasteiger partial charge in [-0.15, -0.1) is 12.4 Å². The monoisotopic (exact) mass is 462 g/mol. The summed E-state index contributed by atoms with van der Waals surface area (Å²) in [4.78, 5) is 31.2. The average molecular weight is 463 g/mol. The molecule has 2 aromatic rings. The summed E-state index contributed by atoms with van der Waals surface area (Å²) in [5.74, 6) is -0.746. The summed E-state index contributed by atoms with van der Waals surface area (Å²) >= 11 is 0. The van der Waals surface area contributed by atoms with Crippen LogP contribution in [0, 0.1) is 5.82 Å². The van der Waals surface area contributed by atoms with Crippen molar-refractivity contribution in [3.63, 3.8) is 0 Å². The molecule has 1 aromatic heterocycles. The van der Waals surface area contributed by atoms with Crippen molar-refractivity contribution >= 4 is 41.7 Å². The molecule has 2 fully saturated rings. The van der Waals surface area contributed by atoms with Gasteiger partial charge >= 0.3 is 6.09 Å². The first-order valence-electron chi connectivity index (χ1n) is 10.3. The molecule has 0 aliphatic carbocycles. The molecule has 2 N–H and O–H groups in total. The molecule has 3 aliphatic heterocycles. The minimum atomic E-state index is -0.465. The highest BCUT2D eigenvalue weighted by Crippen LogP contribution is 2.35. The van der Waals surface area contributed by atoms with Gasteiger partial charge in [-0.1, -0.05) is 0 Å². The molecule has 0 radical (unpaired) electrons. The molecule has 0 spiro atoms. The summed E-state index contributed by atoms with van der Waals surface area (Å²) < 4.78 is 24.9. The van der Waals surface area contributed by atoms with Crippen LogP contribution in [0.15, 0.2) is 24.4 Å². The van der Waals surface area contributed by atoms with Crippen molar-refractivity contribution in [2.45, 2.75) is 13.1 Å². The molecule has 5 rings (SSSR count). The van der Waals surface area contributed by atoms with Crippen LogP contribution in [-0.4, -0.2) is 66.2 Å². The van der Waals surface area contributed by atoms with E-state index >= 15 is 0 Å². The Hall–Kier alpha value is -2.88. The third-order valence-corrected chi connectivity index (χ3v) is 5.75. The highest BCUT2D eigenvalue weighted by molar-refractivity contribution is 6.34. The number of ether oxygens (including phenoxy) is 2. The van der Waals surface area contributed by atoms with Crippen molar-refractivity contribution < 1.29 is 23.5 Å². The molecule has 2 saturated heterocycles. The number of halogens is 2. The van der Waals surface area contributed by atoms with Gasteiger partial charge in [0.1, 0.15) is 12.4 Å². The quantitative estimate of drug-likeness (QED) is 0.667. The topological polar surface area (TPSA) is 86.9 Å². The third-order valence-electron chi connectivity index (χ3n) is 5.75. The fourth-order valence-corrected chi connectivity index (χ4v) is 4.10. The van der Waals surface area contributed by atoms with Gasteiger partial charge in [-0.2, -0.15) is 0 Å². The number of hydrogen-bond acceptors (Lipinski definition) is 5. The number of rotatable bonds is 5. The van der Waals surface area contributed by atoms with Gasteiger partial charge in [0.05, 0.1) is 37.6 Å². The number of anilines is 1. The second kappa shape index (κ2) is 9.32. The lowest BCUT2D eigenvalue weighted by Gasteiger charge is -2.25. The van der Waals surface area contributed by atoms with Crippen LogP contribution in [0.1, 0.15) is 22.4 Å². The number of aromatic nitrogens is 1. The first-order chi connectivity index (χ1) is 15.1. The third kappa shape index (κ3) is 4.50. The number of hydrogen-bond donors (Lipinski definition) is 2. The maximum atomic E-state index is 14.6. The van der Waals surface area contributed by atoms with Crippen LogP contribution in [-0.2, 0) is 27.4 Å². The zero-order valence-electron chi connectivity index (χ0n) is 17.4. The van der Waals surface area contributed by atoms with E-state index in [-0.39, 0.29) is 24.9 Å². The van der Waals surface area contributed by atoms with Crippen molar-refractivity contribution in [3.05, 3.63) is 52.6 Å². The number of H-pyrrole nitrogens is 1. The SMILES string of the molecule is Cl.O=C1Nc2cc(F)c(CN3CCOC3=O)cc2/C1=C/c1cc(CN2CCOCC2)c[nH]1. The molecule has 0 unspecified atom stereocenters. The Morgan fingerprint density at radius 1 is 1.06 bits per heavy atom. The van der Waals surface area contributed by atoms with Gasteiger partial charge < -0.3 is 24.7 Å². The number of nitrogens with one attached hydrogen (secondary N) is 2. The Kier molecular flexibility index (Phi) is 6.50. The highest BCUT2D eigenvalue weighted by Gasteiger charge is 2.28. The van der Waals surface area contributed by atoms with E-state index in [2.05, 4.69) is 15.2 Å². The number of fused-ring (bicyclic) bond motifs is 1. The van der Waals surface area contributed by atoms with Crippen molar-refractivity contribution in [2.75, 3.05) is 44.8 Å². The van der Waals surface area contributed by atoms with E-state index in [1.165, 1.54) is 11.0 Å². The molecule has 10 heteroatoms. The lowest BCUT2D eigenvalue weighted by molar-refractivity contribution is -0.110. The molecule has 32 heavy (non-hydrogen) atoms. The number of cyclic esters (lactones) is 1. The number of aromatic amines is 1. The summed E-state index contributed by atoms with van der Waals surface area (Å²) in [6, 6.07) is 4.96. The fourth-order valence-electron chi connectivity index (χ4n) is 4.10. The molecular weight excluding hydrogens is 439 g/mol. The Labute approximate surface area is 190 Å². The van der Waals surface area contributed by atoms with Gasteiger partial charge in [-0.05, 0) is 29.8 Å². The minimum Gasteiger partial charge on any atom is -0.448 e. The van der Waals surface area contributed by atoms with Crippen LogP contribution in [0.4, 0.5) is 14.9 Å².